The van der Waals surface area contributed by atoms with E-state index in [0.29, 0.717) is 11.3 Å². The predicted octanol–water partition coefficient (Wildman–Crippen LogP) is 4.36. The van der Waals surface area contributed by atoms with Gasteiger partial charge in [-0.15, -0.1) is 0 Å². The van der Waals surface area contributed by atoms with Gasteiger partial charge < -0.3 is 4.74 Å². The Labute approximate surface area is 108 Å². The van der Waals surface area contributed by atoms with Gasteiger partial charge in [-0.05, 0) is 52.7 Å². The van der Waals surface area contributed by atoms with Crippen molar-refractivity contribution in [3.05, 3.63) is 58.1 Å². The number of benzene rings is 2. The highest BCUT2D eigenvalue weighted by Crippen LogP contribution is 2.31. The average molecular weight is 291 g/mol. The van der Waals surface area contributed by atoms with Gasteiger partial charge in [0, 0.05) is 5.56 Å². The first-order valence-corrected chi connectivity index (χ1v) is 5.98. The Bertz CT molecular complexity index is 550. The van der Waals surface area contributed by atoms with E-state index < -0.39 is 0 Å². The highest BCUT2D eigenvalue weighted by Gasteiger charge is 2.05. The molecule has 0 aromatic heterocycles. The lowest BCUT2D eigenvalue weighted by Crippen LogP contribution is -1.89. The van der Waals surface area contributed by atoms with Crippen LogP contribution in [0.15, 0.2) is 46.9 Å². The van der Waals surface area contributed by atoms with Gasteiger partial charge in [-0.1, -0.05) is 18.2 Å². The molecule has 0 unspecified atom stereocenters. The van der Waals surface area contributed by atoms with Crippen molar-refractivity contribution in [3.63, 3.8) is 0 Å². The maximum absolute atomic E-state index is 10.6. The number of hydrogen-bond acceptors (Lipinski definition) is 2. The third-order valence-corrected chi connectivity index (χ3v) is 3.03. The number of carbonyl (C=O) groups is 1. The number of para-hydroxylation sites is 1. The van der Waals surface area contributed by atoms with E-state index in [9.17, 15) is 4.79 Å². The lowest BCUT2D eigenvalue weighted by Gasteiger charge is -2.10. The maximum atomic E-state index is 10.6. The molecule has 0 atom stereocenters. The molecule has 3 heteroatoms. The van der Waals surface area contributed by atoms with Crippen LogP contribution in [-0.4, -0.2) is 6.29 Å². The minimum Gasteiger partial charge on any atom is -0.456 e. The van der Waals surface area contributed by atoms with Crippen LogP contribution in [0.5, 0.6) is 11.5 Å². The van der Waals surface area contributed by atoms with Crippen LogP contribution in [-0.2, 0) is 0 Å². The zero-order valence-corrected chi connectivity index (χ0v) is 10.9. The van der Waals surface area contributed by atoms with E-state index in [0.717, 1.165) is 22.1 Å². The molecule has 2 rings (SSSR count). The molecule has 2 aromatic carbocycles. The van der Waals surface area contributed by atoms with Crippen molar-refractivity contribution < 1.29 is 9.53 Å². The summed E-state index contributed by atoms with van der Waals surface area (Å²) >= 11 is 3.39. The first kappa shape index (κ1) is 11.9. The SMILES string of the molecule is Cc1ccccc1Oc1ccc(C=O)cc1Br. The standard InChI is InChI=1S/C14H11BrO2/c1-10-4-2-3-5-13(10)17-14-7-6-11(9-16)8-12(14)15/h2-9H,1H3. The van der Waals surface area contributed by atoms with Crippen molar-refractivity contribution >= 4 is 22.2 Å². The molecule has 0 radical (unpaired) electrons. The van der Waals surface area contributed by atoms with Crippen molar-refractivity contribution in [2.75, 3.05) is 0 Å². The summed E-state index contributed by atoms with van der Waals surface area (Å²) in [4.78, 5) is 10.6. The summed E-state index contributed by atoms with van der Waals surface area (Å²) in [6.45, 7) is 1.99. The highest BCUT2D eigenvalue weighted by atomic mass is 79.9. The second-order valence-corrected chi connectivity index (χ2v) is 4.53. The van der Waals surface area contributed by atoms with Crippen molar-refractivity contribution in [2.45, 2.75) is 6.92 Å². The van der Waals surface area contributed by atoms with Crippen LogP contribution in [0.1, 0.15) is 15.9 Å². The summed E-state index contributed by atoms with van der Waals surface area (Å²) in [5.74, 6) is 1.51. The van der Waals surface area contributed by atoms with Crippen LogP contribution in [0.25, 0.3) is 0 Å². The van der Waals surface area contributed by atoms with E-state index in [4.69, 9.17) is 4.74 Å². The van der Waals surface area contributed by atoms with Crippen molar-refractivity contribution in [1.29, 1.82) is 0 Å². The molecule has 2 aromatic rings. The summed E-state index contributed by atoms with van der Waals surface area (Å²) in [6.07, 6.45) is 0.808. The van der Waals surface area contributed by atoms with Crippen LogP contribution in [0.3, 0.4) is 0 Å². The van der Waals surface area contributed by atoms with E-state index in [-0.39, 0.29) is 0 Å². The highest BCUT2D eigenvalue weighted by molar-refractivity contribution is 9.10. The molecule has 2 nitrogen and oxygen atoms in total. The van der Waals surface area contributed by atoms with Gasteiger partial charge >= 0.3 is 0 Å². The summed E-state index contributed by atoms with van der Waals surface area (Å²) in [7, 11) is 0. The van der Waals surface area contributed by atoms with Gasteiger partial charge in [-0.25, -0.2) is 0 Å². The molecule has 0 N–H and O–H groups in total. The Balaban J connectivity index is 2.31. The molecule has 0 bridgehead atoms. The van der Waals surface area contributed by atoms with Crippen molar-refractivity contribution in [1.82, 2.24) is 0 Å². The van der Waals surface area contributed by atoms with Gasteiger partial charge in [0.15, 0.2) is 0 Å². The van der Waals surface area contributed by atoms with Gasteiger partial charge in [-0.2, -0.15) is 0 Å². The quantitative estimate of drug-likeness (QED) is 0.785. The first-order chi connectivity index (χ1) is 8.20. The number of ether oxygens (including phenoxy) is 1. The van der Waals surface area contributed by atoms with Gasteiger partial charge in [-0.3, -0.25) is 4.79 Å². The molecule has 0 aliphatic rings. The number of aldehydes is 1. The van der Waals surface area contributed by atoms with Gasteiger partial charge in [0.2, 0.25) is 0 Å². The monoisotopic (exact) mass is 290 g/mol. The van der Waals surface area contributed by atoms with Crippen molar-refractivity contribution in [3.8, 4) is 11.5 Å². The Kier molecular flexibility index (Phi) is 3.59. The van der Waals surface area contributed by atoms with E-state index in [1.165, 1.54) is 0 Å². The Morgan fingerprint density at radius 2 is 1.88 bits per heavy atom. The number of hydrogen-bond donors (Lipinski definition) is 0. The smallest absolute Gasteiger partial charge is 0.150 e. The molecular weight excluding hydrogens is 280 g/mol. The van der Waals surface area contributed by atoms with Crippen LogP contribution >= 0.6 is 15.9 Å². The summed E-state index contributed by atoms with van der Waals surface area (Å²) in [6, 6.07) is 13.0. The molecule has 0 fully saturated rings. The second kappa shape index (κ2) is 5.15. The average Bonchev–Trinajstić information content (AvgIpc) is 2.34. The number of rotatable bonds is 3. The number of halogens is 1. The summed E-state index contributed by atoms with van der Waals surface area (Å²) in [5.41, 5.74) is 1.69. The molecule has 0 aliphatic heterocycles. The largest absolute Gasteiger partial charge is 0.456 e. The van der Waals surface area contributed by atoms with Crippen LogP contribution < -0.4 is 4.74 Å². The van der Waals surface area contributed by atoms with Gasteiger partial charge in [0.1, 0.15) is 17.8 Å². The topological polar surface area (TPSA) is 26.3 Å². The predicted molar refractivity (Wildman–Crippen MR) is 70.8 cm³/mol. The van der Waals surface area contributed by atoms with E-state index >= 15 is 0 Å². The lowest BCUT2D eigenvalue weighted by molar-refractivity contribution is 0.112. The molecular formula is C14H11BrO2. The zero-order chi connectivity index (χ0) is 12.3. The minimum atomic E-state index is 0.619. The fraction of sp³-hybridized carbons (Fsp3) is 0.0714. The lowest BCUT2D eigenvalue weighted by atomic mass is 10.2. The number of aryl methyl sites for hydroxylation is 1. The molecule has 17 heavy (non-hydrogen) atoms. The van der Waals surface area contributed by atoms with Gasteiger partial charge in [0.05, 0.1) is 4.47 Å². The van der Waals surface area contributed by atoms with Crippen LogP contribution in [0, 0.1) is 6.92 Å². The Morgan fingerprint density at radius 3 is 2.53 bits per heavy atom. The molecule has 0 heterocycles. The summed E-state index contributed by atoms with van der Waals surface area (Å²) < 4.78 is 6.55. The maximum Gasteiger partial charge on any atom is 0.150 e. The van der Waals surface area contributed by atoms with Crippen molar-refractivity contribution in [2.24, 2.45) is 0 Å². The molecule has 0 aliphatic carbocycles. The first-order valence-electron chi connectivity index (χ1n) is 5.19. The third kappa shape index (κ3) is 2.74. The number of carbonyl (C=O) groups excluding carboxylic acids is 1. The Morgan fingerprint density at radius 1 is 1.12 bits per heavy atom. The normalized spacial score (nSPS) is 10.0. The van der Waals surface area contributed by atoms with E-state index in [1.54, 1.807) is 18.2 Å². The van der Waals surface area contributed by atoms with Gasteiger partial charge in [0.25, 0.3) is 0 Å². The minimum absolute atomic E-state index is 0.619. The molecule has 86 valence electrons. The fourth-order valence-electron chi connectivity index (χ4n) is 1.46. The third-order valence-electron chi connectivity index (χ3n) is 2.41. The van der Waals surface area contributed by atoms with Crippen LogP contribution in [0.4, 0.5) is 0 Å². The second-order valence-electron chi connectivity index (χ2n) is 3.68. The summed E-state index contributed by atoms with van der Waals surface area (Å²) in [5, 5.41) is 0. The van der Waals surface area contributed by atoms with E-state index in [2.05, 4.69) is 15.9 Å². The fourth-order valence-corrected chi connectivity index (χ4v) is 1.94. The van der Waals surface area contributed by atoms with Crippen LogP contribution in [0.2, 0.25) is 0 Å². The molecule has 0 amide bonds. The molecule has 0 saturated carbocycles. The molecule has 0 saturated heterocycles. The molecule has 0 spiro atoms. The zero-order valence-electron chi connectivity index (χ0n) is 9.31. The Hall–Kier alpha value is -1.61. The van der Waals surface area contributed by atoms with E-state index in [1.807, 2.05) is 31.2 Å².